The molecule has 1 atom stereocenters. The summed E-state index contributed by atoms with van der Waals surface area (Å²) in [7, 11) is 0. The van der Waals surface area contributed by atoms with Gasteiger partial charge in [0.15, 0.2) is 0 Å². The lowest BCUT2D eigenvalue weighted by Crippen LogP contribution is -2.20. The molecule has 5 nitrogen and oxygen atoms in total. The van der Waals surface area contributed by atoms with Crippen molar-refractivity contribution < 1.29 is 4.42 Å². The molecule has 3 rings (SSSR count). The molecule has 23 heavy (non-hydrogen) atoms. The Bertz CT molecular complexity index is 584. The molecule has 0 bridgehead atoms. The second kappa shape index (κ2) is 8.11. The topological polar surface area (TPSA) is 54.2 Å². The molecule has 1 aromatic carbocycles. The number of aryl methyl sites for hydroxylation is 1. The number of hydrogen-bond donors (Lipinski definition) is 1. The van der Waals surface area contributed by atoms with Gasteiger partial charge in [0.25, 0.3) is 0 Å². The fourth-order valence-electron chi connectivity index (χ4n) is 3.16. The number of anilines is 1. The van der Waals surface area contributed by atoms with Crippen LogP contribution in [0.4, 0.5) is 6.01 Å². The van der Waals surface area contributed by atoms with Crippen molar-refractivity contribution >= 4 is 6.01 Å². The predicted octanol–water partition coefficient (Wildman–Crippen LogP) is 3.35. The first-order chi connectivity index (χ1) is 11.3. The lowest BCUT2D eigenvalue weighted by atomic mass is 10.1. The van der Waals surface area contributed by atoms with Crippen molar-refractivity contribution in [2.75, 3.05) is 25.0 Å². The van der Waals surface area contributed by atoms with Crippen molar-refractivity contribution in [3.63, 3.8) is 0 Å². The Morgan fingerprint density at radius 1 is 1.26 bits per heavy atom. The molecule has 2 heterocycles. The number of rotatable bonds is 8. The molecule has 1 fully saturated rings. The lowest BCUT2D eigenvalue weighted by molar-refractivity contribution is 0.314. The molecule has 2 aromatic rings. The van der Waals surface area contributed by atoms with Gasteiger partial charge in [0, 0.05) is 26.1 Å². The molecule has 0 amide bonds. The third-order valence-corrected chi connectivity index (χ3v) is 4.38. The predicted molar refractivity (Wildman–Crippen MR) is 91.2 cm³/mol. The molecule has 1 N–H and O–H groups in total. The average molecular weight is 314 g/mol. The SMILES string of the molecule is CCCc1nnc(NCC[C@@H]2CCN(Cc3ccccc3)C2)o1. The Morgan fingerprint density at radius 3 is 2.96 bits per heavy atom. The van der Waals surface area contributed by atoms with Crippen LogP contribution in [-0.2, 0) is 13.0 Å². The maximum atomic E-state index is 5.55. The van der Waals surface area contributed by atoms with E-state index in [9.17, 15) is 0 Å². The van der Waals surface area contributed by atoms with E-state index < -0.39 is 0 Å². The normalized spacial score (nSPS) is 18.4. The minimum Gasteiger partial charge on any atom is -0.408 e. The van der Waals surface area contributed by atoms with Crippen LogP contribution in [-0.4, -0.2) is 34.7 Å². The average Bonchev–Trinajstić information content (AvgIpc) is 3.19. The summed E-state index contributed by atoms with van der Waals surface area (Å²) in [5.41, 5.74) is 1.40. The zero-order valence-electron chi connectivity index (χ0n) is 13.9. The quantitative estimate of drug-likeness (QED) is 0.810. The van der Waals surface area contributed by atoms with Gasteiger partial charge in [-0.3, -0.25) is 4.90 Å². The van der Waals surface area contributed by atoms with Crippen LogP contribution >= 0.6 is 0 Å². The number of likely N-dealkylation sites (tertiary alicyclic amines) is 1. The van der Waals surface area contributed by atoms with Crippen LogP contribution in [0, 0.1) is 5.92 Å². The zero-order chi connectivity index (χ0) is 15.9. The number of nitrogens with one attached hydrogen (secondary N) is 1. The molecule has 5 heteroatoms. The Hall–Kier alpha value is -1.88. The molecule has 1 aromatic heterocycles. The van der Waals surface area contributed by atoms with E-state index in [1.165, 1.54) is 25.1 Å². The van der Waals surface area contributed by atoms with Gasteiger partial charge in [0.2, 0.25) is 5.89 Å². The highest BCUT2D eigenvalue weighted by Crippen LogP contribution is 2.21. The van der Waals surface area contributed by atoms with Gasteiger partial charge in [-0.05, 0) is 37.3 Å². The van der Waals surface area contributed by atoms with E-state index in [1.807, 2.05) is 0 Å². The van der Waals surface area contributed by atoms with Crippen molar-refractivity contribution in [2.24, 2.45) is 5.92 Å². The second-order valence-corrected chi connectivity index (χ2v) is 6.34. The molecule has 124 valence electrons. The number of aromatic nitrogens is 2. The van der Waals surface area contributed by atoms with E-state index in [2.05, 4.69) is 57.7 Å². The molecule has 0 radical (unpaired) electrons. The third kappa shape index (κ3) is 4.79. The summed E-state index contributed by atoms with van der Waals surface area (Å²) in [5, 5.41) is 11.3. The van der Waals surface area contributed by atoms with Crippen LogP contribution in [0.5, 0.6) is 0 Å². The van der Waals surface area contributed by atoms with Crippen molar-refractivity contribution in [3.05, 3.63) is 41.8 Å². The highest BCUT2D eigenvalue weighted by Gasteiger charge is 2.22. The minimum absolute atomic E-state index is 0.563. The van der Waals surface area contributed by atoms with E-state index in [-0.39, 0.29) is 0 Å². The lowest BCUT2D eigenvalue weighted by Gasteiger charge is -2.16. The highest BCUT2D eigenvalue weighted by atomic mass is 16.4. The van der Waals surface area contributed by atoms with Gasteiger partial charge in [-0.1, -0.05) is 42.4 Å². The van der Waals surface area contributed by atoms with Crippen LogP contribution < -0.4 is 5.32 Å². The zero-order valence-corrected chi connectivity index (χ0v) is 13.9. The Kier molecular flexibility index (Phi) is 5.64. The number of benzene rings is 1. The smallest absolute Gasteiger partial charge is 0.315 e. The Labute approximate surface area is 138 Å². The molecule has 1 saturated heterocycles. The van der Waals surface area contributed by atoms with Crippen molar-refractivity contribution in [2.45, 2.75) is 39.2 Å². The van der Waals surface area contributed by atoms with Crippen molar-refractivity contribution in [1.82, 2.24) is 15.1 Å². The largest absolute Gasteiger partial charge is 0.408 e. The molecule has 0 saturated carbocycles. The van der Waals surface area contributed by atoms with Gasteiger partial charge in [-0.25, -0.2) is 0 Å². The first-order valence-corrected chi connectivity index (χ1v) is 8.66. The van der Waals surface area contributed by atoms with Crippen LogP contribution in [0.15, 0.2) is 34.7 Å². The third-order valence-electron chi connectivity index (χ3n) is 4.38. The summed E-state index contributed by atoms with van der Waals surface area (Å²) in [6.07, 6.45) is 4.31. The Morgan fingerprint density at radius 2 is 2.13 bits per heavy atom. The van der Waals surface area contributed by atoms with Gasteiger partial charge in [-0.15, -0.1) is 5.10 Å². The number of hydrogen-bond acceptors (Lipinski definition) is 5. The van der Waals surface area contributed by atoms with E-state index in [0.717, 1.165) is 44.2 Å². The molecular weight excluding hydrogens is 288 g/mol. The fraction of sp³-hybridized carbons (Fsp3) is 0.556. The maximum absolute atomic E-state index is 5.55. The van der Waals surface area contributed by atoms with Crippen LogP contribution in [0.3, 0.4) is 0 Å². The molecule has 0 unspecified atom stereocenters. The highest BCUT2D eigenvalue weighted by molar-refractivity contribution is 5.17. The van der Waals surface area contributed by atoms with Crippen molar-refractivity contribution in [1.29, 1.82) is 0 Å². The van der Waals surface area contributed by atoms with Gasteiger partial charge < -0.3 is 9.73 Å². The fourth-order valence-corrected chi connectivity index (χ4v) is 3.16. The first-order valence-electron chi connectivity index (χ1n) is 8.66. The van der Waals surface area contributed by atoms with E-state index >= 15 is 0 Å². The molecule has 0 spiro atoms. The van der Waals surface area contributed by atoms with Crippen LogP contribution in [0.1, 0.15) is 37.6 Å². The summed E-state index contributed by atoms with van der Waals surface area (Å²) in [4.78, 5) is 2.55. The molecule has 1 aliphatic heterocycles. The van der Waals surface area contributed by atoms with Gasteiger partial charge in [0.1, 0.15) is 0 Å². The number of nitrogens with zero attached hydrogens (tertiary/aromatic N) is 3. The van der Waals surface area contributed by atoms with E-state index in [4.69, 9.17) is 4.42 Å². The molecular formula is C18H26N4O. The molecule has 0 aliphatic carbocycles. The summed E-state index contributed by atoms with van der Waals surface area (Å²) in [6.45, 7) is 6.45. The summed E-state index contributed by atoms with van der Waals surface area (Å²) in [6, 6.07) is 11.3. The standard InChI is InChI=1S/C18H26N4O/c1-2-6-17-20-21-18(23-17)19-11-9-16-10-12-22(14-16)13-15-7-4-3-5-8-15/h3-5,7-8,16H,2,6,9-14H2,1H3,(H,19,21)/t16-/m1/s1. The van der Waals surface area contributed by atoms with E-state index in [0.29, 0.717) is 6.01 Å². The van der Waals surface area contributed by atoms with Gasteiger partial charge in [0.05, 0.1) is 0 Å². The van der Waals surface area contributed by atoms with Gasteiger partial charge >= 0.3 is 6.01 Å². The van der Waals surface area contributed by atoms with Crippen LogP contribution in [0.25, 0.3) is 0 Å². The second-order valence-electron chi connectivity index (χ2n) is 6.34. The minimum atomic E-state index is 0.563. The monoisotopic (exact) mass is 314 g/mol. The van der Waals surface area contributed by atoms with Crippen LogP contribution in [0.2, 0.25) is 0 Å². The summed E-state index contributed by atoms with van der Waals surface area (Å²) >= 11 is 0. The molecule has 1 aliphatic rings. The summed E-state index contributed by atoms with van der Waals surface area (Å²) in [5.74, 6) is 1.48. The maximum Gasteiger partial charge on any atom is 0.315 e. The first kappa shape index (κ1) is 16.0. The van der Waals surface area contributed by atoms with Gasteiger partial charge in [-0.2, -0.15) is 0 Å². The van der Waals surface area contributed by atoms with Crippen molar-refractivity contribution in [3.8, 4) is 0 Å². The summed E-state index contributed by atoms with van der Waals surface area (Å²) < 4.78 is 5.55. The van der Waals surface area contributed by atoms with E-state index in [1.54, 1.807) is 0 Å². The Balaban J connectivity index is 1.36.